The Bertz CT molecular complexity index is 758. The standard InChI is InChI=1S/C18H18N4/c1-13-11-17(21-15-7-9-19-10-8-15)22-18(20-12-13)16-6-4-3-5-14(16)2/h3-10,12H,11H2,1-2H3,(H,19,20,21,22). The summed E-state index contributed by atoms with van der Waals surface area (Å²) >= 11 is 0. The largest absolute Gasteiger partial charge is 0.343 e. The van der Waals surface area contributed by atoms with E-state index in [-0.39, 0.29) is 0 Å². The van der Waals surface area contributed by atoms with Crippen molar-refractivity contribution in [1.82, 2.24) is 4.98 Å². The van der Waals surface area contributed by atoms with Crippen LogP contribution in [0.5, 0.6) is 0 Å². The Hall–Kier alpha value is -2.75. The van der Waals surface area contributed by atoms with Crippen LogP contribution in [0, 0.1) is 6.92 Å². The van der Waals surface area contributed by atoms with Crippen molar-refractivity contribution in [1.29, 1.82) is 0 Å². The molecule has 1 aliphatic heterocycles. The first kappa shape index (κ1) is 14.2. The summed E-state index contributed by atoms with van der Waals surface area (Å²) in [4.78, 5) is 13.3. The number of aliphatic imine (C=N–C) groups is 2. The Labute approximate surface area is 130 Å². The van der Waals surface area contributed by atoms with Crippen molar-refractivity contribution in [2.24, 2.45) is 9.98 Å². The Morgan fingerprint density at radius 2 is 1.77 bits per heavy atom. The van der Waals surface area contributed by atoms with Crippen LogP contribution in [0.2, 0.25) is 0 Å². The van der Waals surface area contributed by atoms with Gasteiger partial charge in [-0.15, -0.1) is 0 Å². The van der Waals surface area contributed by atoms with Crippen LogP contribution in [-0.2, 0) is 0 Å². The Morgan fingerprint density at radius 3 is 2.55 bits per heavy atom. The first-order valence-electron chi connectivity index (χ1n) is 7.26. The van der Waals surface area contributed by atoms with E-state index in [9.17, 15) is 0 Å². The second-order valence-electron chi connectivity index (χ2n) is 5.34. The minimum Gasteiger partial charge on any atom is -0.343 e. The van der Waals surface area contributed by atoms with Crippen LogP contribution in [0.15, 0.2) is 70.5 Å². The average Bonchev–Trinajstić information content (AvgIpc) is 2.70. The minimum atomic E-state index is 0.742. The van der Waals surface area contributed by atoms with Gasteiger partial charge in [-0.25, -0.2) is 9.98 Å². The first-order chi connectivity index (χ1) is 10.7. The van der Waals surface area contributed by atoms with Crippen molar-refractivity contribution in [3.8, 4) is 0 Å². The van der Waals surface area contributed by atoms with Crippen molar-refractivity contribution in [3.05, 3.63) is 71.7 Å². The normalized spacial score (nSPS) is 14.5. The molecule has 1 aliphatic rings. The molecule has 0 amide bonds. The summed E-state index contributed by atoms with van der Waals surface area (Å²) in [6, 6.07) is 12.0. The molecule has 0 bridgehead atoms. The SMILES string of the molecule is CC1=CN=C(c2ccccc2C)N=C(Nc2ccncc2)C1. The summed E-state index contributed by atoms with van der Waals surface area (Å²) in [5, 5.41) is 3.36. The third-order valence-corrected chi connectivity index (χ3v) is 3.45. The molecule has 110 valence electrons. The van der Waals surface area contributed by atoms with Crippen LogP contribution >= 0.6 is 0 Å². The maximum atomic E-state index is 4.74. The van der Waals surface area contributed by atoms with Gasteiger partial charge in [0.15, 0.2) is 5.84 Å². The maximum absolute atomic E-state index is 4.74. The second kappa shape index (κ2) is 6.35. The highest BCUT2D eigenvalue weighted by molar-refractivity contribution is 6.11. The Morgan fingerprint density at radius 1 is 1.00 bits per heavy atom. The van der Waals surface area contributed by atoms with Gasteiger partial charge in [0.05, 0.1) is 0 Å². The van der Waals surface area contributed by atoms with Gasteiger partial charge in [-0.3, -0.25) is 4.98 Å². The number of aryl methyl sites for hydroxylation is 1. The van der Waals surface area contributed by atoms with Gasteiger partial charge in [-0.05, 0) is 37.1 Å². The van der Waals surface area contributed by atoms with E-state index < -0.39 is 0 Å². The number of hydrogen-bond acceptors (Lipinski definition) is 4. The quantitative estimate of drug-likeness (QED) is 0.910. The molecule has 2 aromatic rings. The molecular weight excluding hydrogens is 272 g/mol. The topological polar surface area (TPSA) is 49.6 Å². The van der Waals surface area contributed by atoms with E-state index in [1.54, 1.807) is 12.4 Å². The van der Waals surface area contributed by atoms with Crippen molar-refractivity contribution in [3.63, 3.8) is 0 Å². The molecule has 0 saturated carbocycles. The molecule has 3 rings (SSSR count). The minimum absolute atomic E-state index is 0.742. The molecule has 0 saturated heterocycles. The highest BCUT2D eigenvalue weighted by Crippen LogP contribution is 2.16. The number of nitrogens with one attached hydrogen (secondary N) is 1. The summed E-state index contributed by atoms with van der Waals surface area (Å²) in [7, 11) is 0. The zero-order valence-electron chi connectivity index (χ0n) is 12.7. The molecule has 1 aromatic heterocycles. The van der Waals surface area contributed by atoms with E-state index in [0.717, 1.165) is 29.3 Å². The van der Waals surface area contributed by atoms with Crippen LogP contribution in [-0.4, -0.2) is 16.7 Å². The fourth-order valence-corrected chi connectivity index (χ4v) is 2.30. The van der Waals surface area contributed by atoms with Crippen molar-refractivity contribution >= 4 is 17.4 Å². The highest BCUT2D eigenvalue weighted by atomic mass is 15.0. The predicted molar refractivity (Wildman–Crippen MR) is 91.4 cm³/mol. The lowest BCUT2D eigenvalue weighted by molar-refractivity contribution is 1.23. The molecule has 0 unspecified atom stereocenters. The molecule has 0 spiro atoms. The molecule has 0 atom stereocenters. The lowest BCUT2D eigenvalue weighted by Crippen LogP contribution is -2.14. The molecule has 4 nitrogen and oxygen atoms in total. The number of amidine groups is 2. The van der Waals surface area contributed by atoms with Crippen LogP contribution < -0.4 is 5.32 Å². The fourth-order valence-electron chi connectivity index (χ4n) is 2.30. The van der Waals surface area contributed by atoms with Crippen molar-refractivity contribution in [2.75, 3.05) is 5.32 Å². The van der Waals surface area contributed by atoms with Crippen LogP contribution in [0.25, 0.3) is 0 Å². The third kappa shape index (κ3) is 3.28. The number of anilines is 1. The maximum Gasteiger partial charge on any atom is 0.161 e. The number of benzene rings is 1. The molecule has 0 aliphatic carbocycles. The fraction of sp³-hybridized carbons (Fsp3) is 0.167. The van der Waals surface area contributed by atoms with Crippen LogP contribution in [0.4, 0.5) is 5.69 Å². The zero-order chi connectivity index (χ0) is 15.4. The van der Waals surface area contributed by atoms with Gasteiger partial charge >= 0.3 is 0 Å². The summed E-state index contributed by atoms with van der Waals surface area (Å²) in [5.41, 5.74) is 4.38. The van der Waals surface area contributed by atoms with E-state index in [2.05, 4.69) is 41.3 Å². The summed E-state index contributed by atoms with van der Waals surface area (Å²) in [6.45, 7) is 4.14. The van der Waals surface area contributed by atoms with E-state index in [0.29, 0.717) is 0 Å². The molecule has 22 heavy (non-hydrogen) atoms. The molecule has 0 fully saturated rings. The Balaban J connectivity index is 1.96. The molecule has 2 heterocycles. The Kier molecular flexibility index (Phi) is 4.10. The smallest absolute Gasteiger partial charge is 0.161 e. The van der Waals surface area contributed by atoms with Crippen molar-refractivity contribution in [2.45, 2.75) is 20.3 Å². The number of aromatic nitrogens is 1. The summed E-state index contributed by atoms with van der Waals surface area (Å²) < 4.78 is 0. The van der Waals surface area contributed by atoms with Gasteiger partial charge in [0, 0.05) is 36.3 Å². The molecule has 4 heteroatoms. The van der Waals surface area contributed by atoms with E-state index >= 15 is 0 Å². The van der Waals surface area contributed by atoms with Crippen molar-refractivity contribution < 1.29 is 0 Å². The van der Waals surface area contributed by atoms with Gasteiger partial charge in [-0.2, -0.15) is 0 Å². The first-order valence-corrected chi connectivity index (χ1v) is 7.26. The van der Waals surface area contributed by atoms with E-state index in [1.807, 2.05) is 30.5 Å². The third-order valence-electron chi connectivity index (χ3n) is 3.45. The molecule has 1 N–H and O–H groups in total. The van der Waals surface area contributed by atoms with Crippen LogP contribution in [0.1, 0.15) is 24.5 Å². The average molecular weight is 290 g/mol. The summed E-state index contributed by atoms with van der Waals surface area (Å²) in [5.74, 6) is 1.63. The summed E-state index contributed by atoms with van der Waals surface area (Å²) in [6.07, 6.45) is 6.17. The predicted octanol–water partition coefficient (Wildman–Crippen LogP) is 3.95. The number of pyridine rings is 1. The van der Waals surface area contributed by atoms with Gasteiger partial charge in [0.25, 0.3) is 0 Å². The number of hydrogen-bond donors (Lipinski definition) is 1. The molecular formula is C18H18N4. The highest BCUT2D eigenvalue weighted by Gasteiger charge is 2.11. The molecule has 0 radical (unpaired) electrons. The van der Waals surface area contributed by atoms with E-state index in [1.165, 1.54) is 11.1 Å². The van der Waals surface area contributed by atoms with Crippen LogP contribution in [0.3, 0.4) is 0 Å². The van der Waals surface area contributed by atoms with Gasteiger partial charge in [0.2, 0.25) is 0 Å². The van der Waals surface area contributed by atoms with Gasteiger partial charge < -0.3 is 5.32 Å². The monoisotopic (exact) mass is 290 g/mol. The second-order valence-corrected chi connectivity index (χ2v) is 5.34. The lowest BCUT2D eigenvalue weighted by atomic mass is 10.1. The zero-order valence-corrected chi connectivity index (χ0v) is 12.7. The lowest BCUT2D eigenvalue weighted by Gasteiger charge is -2.10. The van der Waals surface area contributed by atoms with Gasteiger partial charge in [-0.1, -0.05) is 24.3 Å². The molecule has 1 aromatic carbocycles. The number of rotatable bonds is 2. The number of nitrogens with zero attached hydrogens (tertiary/aromatic N) is 3. The van der Waals surface area contributed by atoms with E-state index in [4.69, 9.17) is 4.99 Å². The van der Waals surface area contributed by atoms with Gasteiger partial charge in [0.1, 0.15) is 5.84 Å².